The molecule has 0 unspecified atom stereocenters. The molecule has 94 valence electrons. The van der Waals surface area contributed by atoms with Crippen LogP contribution in [-0.4, -0.2) is 31.0 Å². The van der Waals surface area contributed by atoms with Crippen LogP contribution in [0.4, 0.5) is 5.69 Å². The van der Waals surface area contributed by atoms with E-state index in [1.807, 2.05) is 41.5 Å². The zero-order valence-corrected chi connectivity index (χ0v) is 11.1. The molecule has 1 heterocycles. The molecule has 0 saturated heterocycles. The summed E-state index contributed by atoms with van der Waals surface area (Å²) in [6.07, 6.45) is 3.54. The van der Waals surface area contributed by atoms with E-state index in [0.29, 0.717) is 12.1 Å². The van der Waals surface area contributed by atoms with Gasteiger partial charge >= 0.3 is 5.97 Å². The largest absolute Gasteiger partial charge is 0.466 e. The topological polar surface area (TPSA) is 41.9 Å². The number of benzene rings is 1. The van der Waals surface area contributed by atoms with Gasteiger partial charge in [-0.25, -0.2) is 9.79 Å². The van der Waals surface area contributed by atoms with Gasteiger partial charge in [0.2, 0.25) is 0 Å². The fourth-order valence-electron chi connectivity index (χ4n) is 1.70. The number of ether oxygens (including phenoxy) is 1. The molecule has 0 amide bonds. The van der Waals surface area contributed by atoms with E-state index in [1.54, 1.807) is 18.0 Å². The summed E-state index contributed by atoms with van der Waals surface area (Å²) in [7, 11) is 1.38. The molecule has 4 nitrogen and oxygen atoms in total. The number of amidine groups is 1. The van der Waals surface area contributed by atoms with Crippen LogP contribution in [0.25, 0.3) is 0 Å². The van der Waals surface area contributed by atoms with Crippen LogP contribution in [0.3, 0.4) is 0 Å². The molecule has 0 saturated carbocycles. The molecule has 0 fully saturated rings. The van der Waals surface area contributed by atoms with Crippen molar-refractivity contribution in [2.75, 3.05) is 24.8 Å². The Morgan fingerprint density at radius 1 is 1.39 bits per heavy atom. The Balaban J connectivity index is 2.30. The molecule has 0 aliphatic carbocycles. The maximum Gasteiger partial charge on any atom is 0.337 e. The number of nitrogens with zero attached hydrogens (tertiary/aromatic N) is 2. The van der Waals surface area contributed by atoms with Gasteiger partial charge in [0.25, 0.3) is 0 Å². The Bertz CT molecular complexity index is 497. The van der Waals surface area contributed by atoms with E-state index in [2.05, 4.69) is 4.99 Å². The minimum absolute atomic E-state index is 0.333. The number of methoxy groups -OCH3 is 1. The van der Waals surface area contributed by atoms with Gasteiger partial charge < -0.3 is 9.64 Å². The van der Waals surface area contributed by atoms with Crippen molar-refractivity contribution in [2.24, 2.45) is 4.99 Å². The highest BCUT2D eigenvalue weighted by molar-refractivity contribution is 8.13. The van der Waals surface area contributed by atoms with Gasteiger partial charge in [0.15, 0.2) is 5.17 Å². The summed E-state index contributed by atoms with van der Waals surface area (Å²) in [6.45, 7) is 0.482. The van der Waals surface area contributed by atoms with Crippen LogP contribution in [0.1, 0.15) is 0 Å². The van der Waals surface area contributed by atoms with Gasteiger partial charge in [0.05, 0.1) is 19.2 Å². The SMILES string of the molecule is COC(=O)C1=CN=C(SC)N(c2ccccc2)C1. The van der Waals surface area contributed by atoms with Crippen molar-refractivity contribution >= 4 is 28.6 Å². The summed E-state index contributed by atoms with van der Waals surface area (Å²) in [4.78, 5) is 17.8. The first-order valence-corrected chi connectivity index (χ1v) is 6.70. The van der Waals surface area contributed by atoms with Crippen LogP contribution in [0.2, 0.25) is 0 Å². The number of carbonyl (C=O) groups excluding carboxylic acids is 1. The highest BCUT2D eigenvalue weighted by Gasteiger charge is 2.22. The molecule has 0 aromatic heterocycles. The van der Waals surface area contributed by atoms with Crippen molar-refractivity contribution in [2.45, 2.75) is 0 Å². The number of esters is 1. The summed E-state index contributed by atoms with van der Waals surface area (Å²) >= 11 is 1.55. The molecule has 1 aromatic carbocycles. The Morgan fingerprint density at radius 3 is 2.72 bits per heavy atom. The summed E-state index contributed by atoms with van der Waals surface area (Å²) < 4.78 is 4.73. The molecule has 2 rings (SSSR count). The van der Waals surface area contributed by atoms with Gasteiger partial charge in [-0.2, -0.15) is 0 Å². The van der Waals surface area contributed by atoms with Crippen molar-refractivity contribution < 1.29 is 9.53 Å². The molecule has 1 aliphatic rings. The highest BCUT2D eigenvalue weighted by Crippen LogP contribution is 2.23. The fourth-order valence-corrected chi connectivity index (χ4v) is 2.25. The molecule has 0 bridgehead atoms. The number of hydrogen-bond donors (Lipinski definition) is 0. The average molecular weight is 262 g/mol. The molecule has 18 heavy (non-hydrogen) atoms. The minimum atomic E-state index is -0.333. The number of hydrogen-bond acceptors (Lipinski definition) is 5. The minimum Gasteiger partial charge on any atom is -0.466 e. The molecule has 1 aromatic rings. The third-order valence-electron chi connectivity index (χ3n) is 2.59. The van der Waals surface area contributed by atoms with E-state index in [-0.39, 0.29) is 5.97 Å². The first kappa shape index (κ1) is 12.7. The lowest BCUT2D eigenvalue weighted by Gasteiger charge is -2.27. The number of aliphatic imine (C=N–C) groups is 1. The molecule has 0 N–H and O–H groups in total. The number of carbonyl (C=O) groups is 1. The lowest BCUT2D eigenvalue weighted by molar-refractivity contribution is -0.136. The van der Waals surface area contributed by atoms with Crippen LogP contribution in [0.15, 0.2) is 47.1 Å². The lowest BCUT2D eigenvalue weighted by Crippen LogP contribution is -2.34. The van der Waals surface area contributed by atoms with Gasteiger partial charge in [0.1, 0.15) is 0 Å². The zero-order valence-electron chi connectivity index (χ0n) is 10.3. The van der Waals surface area contributed by atoms with Crippen molar-refractivity contribution in [1.82, 2.24) is 0 Å². The van der Waals surface area contributed by atoms with Crippen molar-refractivity contribution in [1.29, 1.82) is 0 Å². The normalized spacial score (nSPS) is 14.9. The molecular weight excluding hydrogens is 248 g/mol. The van der Waals surface area contributed by atoms with E-state index < -0.39 is 0 Å². The first-order chi connectivity index (χ1) is 8.76. The molecular formula is C13H14N2O2S. The quantitative estimate of drug-likeness (QED) is 0.767. The smallest absolute Gasteiger partial charge is 0.337 e. The second-order valence-corrected chi connectivity index (χ2v) is 4.46. The van der Waals surface area contributed by atoms with E-state index in [0.717, 1.165) is 10.9 Å². The van der Waals surface area contributed by atoms with Gasteiger partial charge in [-0.05, 0) is 18.4 Å². The van der Waals surface area contributed by atoms with Crippen LogP contribution in [-0.2, 0) is 9.53 Å². The fraction of sp³-hybridized carbons (Fsp3) is 0.231. The van der Waals surface area contributed by atoms with Crippen molar-refractivity contribution in [3.8, 4) is 0 Å². The molecule has 5 heteroatoms. The summed E-state index contributed by atoms with van der Waals surface area (Å²) in [6, 6.07) is 9.87. The van der Waals surface area contributed by atoms with Gasteiger partial charge in [-0.3, -0.25) is 0 Å². The van der Waals surface area contributed by atoms with Crippen molar-refractivity contribution in [3.63, 3.8) is 0 Å². The van der Waals surface area contributed by atoms with Crippen LogP contribution < -0.4 is 4.90 Å². The Labute approximate surface area is 110 Å². The van der Waals surface area contributed by atoms with Crippen LogP contribution >= 0.6 is 11.8 Å². The maximum absolute atomic E-state index is 11.5. The van der Waals surface area contributed by atoms with Gasteiger partial charge in [-0.1, -0.05) is 30.0 Å². The first-order valence-electron chi connectivity index (χ1n) is 5.48. The predicted molar refractivity (Wildman–Crippen MR) is 74.8 cm³/mol. The summed E-state index contributed by atoms with van der Waals surface area (Å²) in [5.41, 5.74) is 1.57. The summed E-state index contributed by atoms with van der Waals surface area (Å²) in [5.74, 6) is -0.333. The number of thioether (sulfide) groups is 1. The van der Waals surface area contributed by atoms with Gasteiger partial charge in [-0.15, -0.1) is 0 Å². The number of para-hydroxylation sites is 1. The molecule has 0 radical (unpaired) electrons. The molecule has 1 aliphatic heterocycles. The monoisotopic (exact) mass is 262 g/mol. The van der Waals surface area contributed by atoms with E-state index >= 15 is 0 Å². The second kappa shape index (κ2) is 5.73. The predicted octanol–water partition coefficient (Wildman–Crippen LogP) is 2.28. The maximum atomic E-state index is 11.5. The standard InChI is InChI=1S/C13H14N2O2S/c1-17-12(16)10-8-14-13(18-2)15(9-10)11-6-4-3-5-7-11/h3-8H,9H2,1-2H3. The molecule has 0 atom stereocenters. The van der Waals surface area contributed by atoms with Crippen molar-refractivity contribution in [3.05, 3.63) is 42.1 Å². The third-order valence-corrected chi connectivity index (χ3v) is 3.28. The van der Waals surface area contributed by atoms with Crippen LogP contribution in [0, 0.1) is 0 Å². The highest BCUT2D eigenvalue weighted by atomic mass is 32.2. The average Bonchev–Trinajstić information content (AvgIpc) is 2.46. The third kappa shape index (κ3) is 2.56. The number of rotatable bonds is 2. The van der Waals surface area contributed by atoms with Gasteiger partial charge in [0, 0.05) is 11.9 Å². The Hall–Kier alpha value is -1.75. The second-order valence-electron chi connectivity index (χ2n) is 3.68. The van der Waals surface area contributed by atoms with Crippen LogP contribution in [0.5, 0.6) is 0 Å². The summed E-state index contributed by atoms with van der Waals surface area (Å²) in [5, 5.41) is 0.869. The van der Waals surface area contributed by atoms with E-state index in [9.17, 15) is 4.79 Å². The molecule has 0 spiro atoms. The zero-order chi connectivity index (χ0) is 13.0. The van der Waals surface area contributed by atoms with E-state index in [1.165, 1.54) is 7.11 Å². The lowest BCUT2D eigenvalue weighted by atomic mass is 10.2. The Morgan fingerprint density at radius 2 is 2.11 bits per heavy atom. The number of anilines is 1. The van der Waals surface area contributed by atoms with E-state index in [4.69, 9.17) is 4.74 Å². The Kier molecular flexibility index (Phi) is 4.04.